The zero-order chi connectivity index (χ0) is 22.2. The van der Waals surface area contributed by atoms with E-state index in [0.29, 0.717) is 23.6 Å². The van der Waals surface area contributed by atoms with Crippen LogP contribution in [-0.2, 0) is 6.42 Å². The van der Waals surface area contributed by atoms with Crippen LogP contribution >= 0.6 is 0 Å². The third-order valence-corrected chi connectivity index (χ3v) is 5.10. The Balaban J connectivity index is 1.57. The summed E-state index contributed by atoms with van der Waals surface area (Å²) in [5.74, 6) is -0.542. The third-order valence-electron chi connectivity index (χ3n) is 5.10. The number of aryl methyl sites for hydroxylation is 1. The molecule has 31 heavy (non-hydrogen) atoms. The molecule has 0 spiro atoms. The number of anilines is 1. The molecule has 0 heterocycles. The maximum Gasteiger partial charge on any atom is 0.339 e. The predicted octanol–water partition coefficient (Wildman–Crippen LogP) is 5.74. The molecule has 0 bridgehead atoms. The Kier molecular flexibility index (Phi) is 7.38. The van der Waals surface area contributed by atoms with E-state index in [1.54, 1.807) is 24.4 Å². The molecule has 0 fully saturated rings. The number of nitrogens with zero attached hydrogens (tertiary/aromatic N) is 1. The molecule has 0 aromatic heterocycles. The second-order valence-electron chi connectivity index (χ2n) is 7.67. The van der Waals surface area contributed by atoms with Gasteiger partial charge in [0.05, 0.1) is 5.56 Å². The Labute approximate surface area is 182 Å². The standard InChI is InChI=1S/C25H27N3O3/c1-17(2)18-11-13-21-19(16-23(24(29)30)22(21)14-12-18)8-6-7-15-26-28-25(31)27-20-9-4-3-5-10-20/h3-5,9-17H,6-8H2,1-2H3,(H,29,30)(H2,27,28,31)/b26-15-. The van der Waals surface area contributed by atoms with Crippen LogP contribution in [0.3, 0.4) is 0 Å². The number of carbonyl (C=O) groups is 2. The topological polar surface area (TPSA) is 90.8 Å². The number of para-hydroxylation sites is 1. The van der Waals surface area contributed by atoms with Crippen molar-refractivity contribution in [3.63, 3.8) is 0 Å². The Morgan fingerprint density at radius 1 is 1.03 bits per heavy atom. The number of urea groups is 1. The Morgan fingerprint density at radius 2 is 1.74 bits per heavy atom. The zero-order valence-corrected chi connectivity index (χ0v) is 17.8. The first-order valence-corrected chi connectivity index (χ1v) is 10.4. The SMILES string of the molecule is CC(C)c1ccc2c(CCC/C=N\NC(=O)Nc3ccccc3)cc(C(=O)O)c-2cc1. The fourth-order valence-corrected chi connectivity index (χ4v) is 3.44. The number of hydrogen-bond donors (Lipinski definition) is 3. The average Bonchev–Trinajstić information content (AvgIpc) is 2.93. The Bertz CT molecular complexity index is 1050. The van der Waals surface area contributed by atoms with E-state index in [2.05, 4.69) is 35.8 Å². The van der Waals surface area contributed by atoms with E-state index in [-0.39, 0.29) is 0 Å². The van der Waals surface area contributed by atoms with Crippen LogP contribution in [0.15, 0.2) is 65.8 Å². The average molecular weight is 418 g/mol. The molecule has 0 saturated carbocycles. The summed E-state index contributed by atoms with van der Waals surface area (Å²) in [5, 5.41) is 16.2. The van der Waals surface area contributed by atoms with Crippen molar-refractivity contribution in [2.45, 2.75) is 39.0 Å². The second kappa shape index (κ2) is 10.4. The molecule has 0 saturated heterocycles. The summed E-state index contributed by atoms with van der Waals surface area (Å²) < 4.78 is 0. The molecule has 6 heteroatoms. The summed E-state index contributed by atoms with van der Waals surface area (Å²) in [6.45, 7) is 4.24. The van der Waals surface area contributed by atoms with Crippen LogP contribution in [0.25, 0.3) is 11.1 Å². The molecule has 2 amide bonds. The van der Waals surface area contributed by atoms with Crippen molar-refractivity contribution in [3.8, 4) is 11.1 Å². The van der Waals surface area contributed by atoms with Crippen LogP contribution in [0, 0.1) is 0 Å². The number of fused-ring (bicyclic) bond motifs is 1. The Morgan fingerprint density at radius 3 is 2.42 bits per heavy atom. The number of hydrazone groups is 1. The van der Waals surface area contributed by atoms with Gasteiger partial charge in [0.2, 0.25) is 0 Å². The quantitative estimate of drug-likeness (QED) is 0.248. The molecular formula is C25H27N3O3. The van der Waals surface area contributed by atoms with Crippen molar-refractivity contribution >= 4 is 23.9 Å². The van der Waals surface area contributed by atoms with Gasteiger partial charge < -0.3 is 10.4 Å². The summed E-state index contributed by atoms with van der Waals surface area (Å²) in [5.41, 5.74) is 7.40. The number of carbonyl (C=O) groups excluding carboxylic acids is 1. The Hall–Kier alpha value is -3.67. The van der Waals surface area contributed by atoms with Crippen molar-refractivity contribution in [3.05, 3.63) is 77.4 Å². The second-order valence-corrected chi connectivity index (χ2v) is 7.67. The summed E-state index contributed by atoms with van der Waals surface area (Å²) in [6.07, 6.45) is 3.84. The number of hydrogen-bond acceptors (Lipinski definition) is 3. The number of carboxylic acid groups (broad SMARTS) is 1. The molecule has 160 valence electrons. The monoisotopic (exact) mass is 417 g/mol. The van der Waals surface area contributed by atoms with Crippen molar-refractivity contribution in [2.75, 3.05) is 5.32 Å². The van der Waals surface area contributed by atoms with Crippen molar-refractivity contribution in [1.29, 1.82) is 0 Å². The van der Waals surface area contributed by atoms with Gasteiger partial charge >= 0.3 is 12.0 Å². The van der Waals surface area contributed by atoms with Gasteiger partial charge in [-0.05, 0) is 65.6 Å². The zero-order valence-electron chi connectivity index (χ0n) is 17.8. The van der Waals surface area contributed by atoms with E-state index in [9.17, 15) is 14.7 Å². The molecule has 0 atom stereocenters. The van der Waals surface area contributed by atoms with E-state index in [4.69, 9.17) is 0 Å². The number of unbranched alkanes of at least 4 members (excludes halogenated alkanes) is 1. The van der Waals surface area contributed by atoms with Gasteiger partial charge in [-0.1, -0.05) is 56.3 Å². The number of aromatic carboxylic acids is 1. The normalized spacial score (nSPS) is 11.2. The highest BCUT2D eigenvalue weighted by Gasteiger charge is 2.19. The highest BCUT2D eigenvalue weighted by atomic mass is 16.4. The van der Waals surface area contributed by atoms with Crippen LogP contribution in [-0.4, -0.2) is 23.3 Å². The summed E-state index contributed by atoms with van der Waals surface area (Å²) in [7, 11) is 0. The summed E-state index contributed by atoms with van der Waals surface area (Å²) in [6, 6.07) is 18.5. The van der Waals surface area contributed by atoms with Crippen LogP contribution in [0.5, 0.6) is 0 Å². The molecule has 3 N–H and O–H groups in total. The highest BCUT2D eigenvalue weighted by Crippen LogP contribution is 2.34. The van der Waals surface area contributed by atoms with E-state index >= 15 is 0 Å². The minimum Gasteiger partial charge on any atom is -0.478 e. The molecule has 6 nitrogen and oxygen atoms in total. The summed E-state index contributed by atoms with van der Waals surface area (Å²) >= 11 is 0. The lowest BCUT2D eigenvalue weighted by Gasteiger charge is -2.03. The van der Waals surface area contributed by atoms with E-state index in [1.165, 1.54) is 5.56 Å². The first kappa shape index (κ1) is 22.0. The van der Waals surface area contributed by atoms with Gasteiger partial charge in [0.25, 0.3) is 0 Å². The van der Waals surface area contributed by atoms with Crippen LogP contribution in [0.4, 0.5) is 10.5 Å². The first-order valence-electron chi connectivity index (χ1n) is 10.4. The van der Waals surface area contributed by atoms with Crippen LogP contribution in [0.1, 0.15) is 54.1 Å². The fourth-order valence-electron chi connectivity index (χ4n) is 3.44. The first-order chi connectivity index (χ1) is 15.0. The molecule has 0 radical (unpaired) electrons. The largest absolute Gasteiger partial charge is 0.478 e. The van der Waals surface area contributed by atoms with Crippen molar-refractivity contribution < 1.29 is 14.7 Å². The molecule has 1 aromatic rings. The van der Waals surface area contributed by atoms with Gasteiger partial charge in [-0.25, -0.2) is 15.0 Å². The molecule has 0 aliphatic heterocycles. The lowest BCUT2D eigenvalue weighted by Crippen LogP contribution is -2.24. The number of carboxylic acids is 1. The third kappa shape index (κ3) is 5.92. The smallest absolute Gasteiger partial charge is 0.339 e. The van der Waals surface area contributed by atoms with Crippen molar-refractivity contribution in [2.24, 2.45) is 5.10 Å². The lowest BCUT2D eigenvalue weighted by atomic mass is 10.0. The molecular weight excluding hydrogens is 390 g/mol. The van der Waals surface area contributed by atoms with Crippen LogP contribution in [0.2, 0.25) is 0 Å². The highest BCUT2D eigenvalue weighted by molar-refractivity contribution is 5.99. The molecule has 3 rings (SSSR count). The molecule has 2 aliphatic rings. The molecule has 0 unspecified atom stereocenters. The predicted molar refractivity (Wildman–Crippen MR) is 124 cm³/mol. The number of benzene rings is 1. The van der Waals surface area contributed by atoms with E-state index in [0.717, 1.165) is 29.5 Å². The summed E-state index contributed by atoms with van der Waals surface area (Å²) in [4.78, 5) is 23.5. The van der Waals surface area contributed by atoms with Gasteiger partial charge in [0.15, 0.2) is 0 Å². The van der Waals surface area contributed by atoms with Gasteiger partial charge in [-0.2, -0.15) is 5.10 Å². The van der Waals surface area contributed by atoms with Gasteiger partial charge in [-0.3, -0.25) is 0 Å². The van der Waals surface area contributed by atoms with E-state index < -0.39 is 12.0 Å². The molecule has 1 aromatic carbocycles. The van der Waals surface area contributed by atoms with Crippen molar-refractivity contribution in [1.82, 2.24) is 5.43 Å². The number of rotatable bonds is 8. The fraction of sp³-hybridized carbons (Fsp3) is 0.240. The number of nitrogens with one attached hydrogen (secondary N) is 2. The van der Waals surface area contributed by atoms with Gasteiger partial charge in [0, 0.05) is 11.9 Å². The van der Waals surface area contributed by atoms with E-state index in [1.807, 2.05) is 36.4 Å². The van der Waals surface area contributed by atoms with Gasteiger partial charge in [-0.15, -0.1) is 0 Å². The maximum absolute atomic E-state index is 11.8. The maximum atomic E-state index is 11.8. The number of amides is 2. The minimum atomic E-state index is -0.913. The van der Waals surface area contributed by atoms with Gasteiger partial charge in [0.1, 0.15) is 0 Å². The lowest BCUT2D eigenvalue weighted by molar-refractivity contribution is 0.0698. The molecule has 2 aliphatic carbocycles. The minimum absolute atomic E-state index is 0.337. The van der Waals surface area contributed by atoms with Crippen LogP contribution < -0.4 is 10.7 Å².